The van der Waals surface area contributed by atoms with E-state index in [1.54, 1.807) is 15.6 Å². The summed E-state index contributed by atoms with van der Waals surface area (Å²) in [6.07, 6.45) is 7.75. The predicted octanol–water partition coefficient (Wildman–Crippen LogP) is 3.27. The number of piperidine rings is 1. The van der Waals surface area contributed by atoms with E-state index in [2.05, 4.69) is 49.2 Å². The fourth-order valence-corrected chi connectivity index (χ4v) is 4.99. The summed E-state index contributed by atoms with van der Waals surface area (Å²) >= 11 is 2.18. The summed E-state index contributed by atoms with van der Waals surface area (Å²) in [4.78, 5) is 5.82. The first-order chi connectivity index (χ1) is 17.0. The zero-order valence-corrected chi connectivity index (χ0v) is 21.0. The Morgan fingerprint density at radius 3 is 2.80 bits per heavy atom. The van der Waals surface area contributed by atoms with E-state index >= 15 is 0 Å². The van der Waals surface area contributed by atoms with Crippen LogP contribution in [-0.2, 0) is 0 Å². The Kier molecular flexibility index (Phi) is 6.52. The Balaban J connectivity index is 1.50. The maximum Gasteiger partial charge on any atom is 0.179 e. The SMILES string of the molecule is Cc1c(-c2cc(O[C@H](CO)c3ccc(F)cn3)c3c(I)cnn3c2)nnn1C1CCN(C#N)CC1. The van der Waals surface area contributed by atoms with Crippen LogP contribution in [0.15, 0.2) is 36.8 Å². The molecular weight excluding hydrogens is 566 g/mol. The van der Waals surface area contributed by atoms with Crippen molar-refractivity contribution in [3.63, 3.8) is 0 Å². The molecule has 180 valence electrons. The lowest BCUT2D eigenvalue weighted by Gasteiger charge is -2.28. The molecule has 0 bridgehead atoms. The Morgan fingerprint density at radius 2 is 2.11 bits per heavy atom. The number of aromatic nitrogens is 6. The van der Waals surface area contributed by atoms with Gasteiger partial charge in [0.1, 0.15) is 22.8 Å². The number of hydrogen-bond acceptors (Lipinski definition) is 8. The topological polar surface area (TPSA) is 117 Å². The molecule has 4 aromatic rings. The third-order valence-electron chi connectivity index (χ3n) is 6.20. The summed E-state index contributed by atoms with van der Waals surface area (Å²) in [5.74, 6) is 0.0304. The van der Waals surface area contributed by atoms with Crippen molar-refractivity contribution in [2.45, 2.75) is 31.9 Å². The van der Waals surface area contributed by atoms with Crippen molar-refractivity contribution in [2.75, 3.05) is 19.7 Å². The number of fused-ring (bicyclic) bond motifs is 1. The van der Waals surface area contributed by atoms with Gasteiger partial charge in [-0.15, -0.1) is 5.10 Å². The molecule has 0 saturated carbocycles. The molecule has 35 heavy (non-hydrogen) atoms. The second kappa shape index (κ2) is 9.74. The number of likely N-dealkylation sites (tertiary alicyclic amines) is 1. The van der Waals surface area contributed by atoms with Crippen molar-refractivity contribution in [3.05, 3.63) is 57.6 Å². The van der Waals surface area contributed by atoms with Crippen molar-refractivity contribution in [3.8, 4) is 23.2 Å². The standard InChI is InChI=1S/C23H22FIN8O2/c1-14-22(29-30-33(14)17-4-6-31(13-26)7-5-17)15-8-20(23-18(25)10-28-32(23)11-15)35-21(12-34)19-3-2-16(24)9-27-19/h2-3,8-11,17,21,34H,4-7,12H2,1H3/t21-/m1/s1. The molecule has 0 amide bonds. The van der Waals surface area contributed by atoms with Crippen LogP contribution in [0.5, 0.6) is 5.75 Å². The molecule has 0 unspecified atom stereocenters. The minimum absolute atomic E-state index is 0.175. The lowest BCUT2D eigenvalue weighted by Crippen LogP contribution is -2.31. The van der Waals surface area contributed by atoms with E-state index < -0.39 is 11.9 Å². The number of nitriles is 1. The van der Waals surface area contributed by atoms with E-state index in [0.29, 0.717) is 30.2 Å². The van der Waals surface area contributed by atoms with E-state index in [-0.39, 0.29) is 12.6 Å². The first kappa shape index (κ1) is 23.4. The summed E-state index contributed by atoms with van der Waals surface area (Å²) in [5, 5.41) is 32.4. The van der Waals surface area contributed by atoms with Crippen LogP contribution < -0.4 is 4.74 Å². The van der Waals surface area contributed by atoms with Gasteiger partial charge in [0.25, 0.3) is 0 Å². The van der Waals surface area contributed by atoms with Crippen molar-refractivity contribution < 1.29 is 14.2 Å². The van der Waals surface area contributed by atoms with E-state index in [1.165, 1.54) is 12.1 Å². The highest BCUT2D eigenvalue weighted by Crippen LogP contribution is 2.34. The zero-order chi connectivity index (χ0) is 24.5. The number of hydrogen-bond donors (Lipinski definition) is 1. The maximum atomic E-state index is 13.3. The van der Waals surface area contributed by atoms with Crippen LogP contribution in [0.2, 0.25) is 0 Å². The van der Waals surface area contributed by atoms with Crippen LogP contribution >= 0.6 is 22.6 Å². The van der Waals surface area contributed by atoms with Crippen molar-refractivity contribution in [1.29, 1.82) is 5.26 Å². The summed E-state index contributed by atoms with van der Waals surface area (Å²) < 4.78 is 24.1. The smallest absolute Gasteiger partial charge is 0.179 e. The number of halogens is 2. The summed E-state index contributed by atoms with van der Waals surface area (Å²) in [7, 11) is 0. The largest absolute Gasteiger partial charge is 0.479 e. The van der Waals surface area contributed by atoms with Crippen LogP contribution in [-0.4, -0.2) is 59.3 Å². The molecule has 5 heterocycles. The van der Waals surface area contributed by atoms with Crippen LogP contribution in [0.1, 0.15) is 36.4 Å². The number of aliphatic hydroxyl groups is 1. The summed E-state index contributed by atoms with van der Waals surface area (Å²) in [6, 6.07) is 4.80. The lowest BCUT2D eigenvalue weighted by molar-refractivity contribution is 0.114. The minimum Gasteiger partial charge on any atom is -0.479 e. The Labute approximate surface area is 214 Å². The predicted molar refractivity (Wildman–Crippen MR) is 132 cm³/mol. The average Bonchev–Trinajstić information content (AvgIpc) is 3.45. The summed E-state index contributed by atoms with van der Waals surface area (Å²) in [5.41, 5.74) is 3.52. The van der Waals surface area contributed by atoms with Gasteiger partial charge in [-0.2, -0.15) is 10.4 Å². The molecule has 1 N–H and O–H groups in total. The normalized spacial score (nSPS) is 15.3. The van der Waals surface area contributed by atoms with Crippen LogP contribution in [0.3, 0.4) is 0 Å². The van der Waals surface area contributed by atoms with Crippen molar-refractivity contribution in [2.24, 2.45) is 0 Å². The van der Waals surface area contributed by atoms with Gasteiger partial charge in [-0.25, -0.2) is 13.6 Å². The highest BCUT2D eigenvalue weighted by Gasteiger charge is 2.25. The molecule has 5 rings (SSSR count). The van der Waals surface area contributed by atoms with Gasteiger partial charge in [0.15, 0.2) is 12.3 Å². The lowest BCUT2D eigenvalue weighted by atomic mass is 10.0. The van der Waals surface area contributed by atoms with Gasteiger partial charge in [-0.1, -0.05) is 5.21 Å². The highest BCUT2D eigenvalue weighted by atomic mass is 127. The molecular formula is C23H22FIN8O2. The molecule has 0 radical (unpaired) electrons. The Hall–Kier alpha value is -3.31. The first-order valence-corrected chi connectivity index (χ1v) is 12.2. The number of ether oxygens (including phenoxy) is 1. The second-order valence-corrected chi connectivity index (χ2v) is 9.52. The van der Waals surface area contributed by atoms with Gasteiger partial charge >= 0.3 is 0 Å². The van der Waals surface area contributed by atoms with Gasteiger partial charge in [-0.05, 0) is 60.6 Å². The van der Waals surface area contributed by atoms with E-state index in [9.17, 15) is 9.50 Å². The molecule has 1 atom stereocenters. The number of nitrogens with zero attached hydrogens (tertiary/aromatic N) is 8. The van der Waals surface area contributed by atoms with E-state index in [4.69, 9.17) is 10.00 Å². The third-order valence-corrected chi connectivity index (χ3v) is 6.99. The highest BCUT2D eigenvalue weighted by molar-refractivity contribution is 14.1. The number of pyridine rings is 2. The Bertz CT molecular complexity index is 1390. The quantitative estimate of drug-likeness (QED) is 0.270. The Morgan fingerprint density at radius 1 is 1.31 bits per heavy atom. The molecule has 0 spiro atoms. The van der Waals surface area contributed by atoms with Crippen LogP contribution in [0.25, 0.3) is 16.8 Å². The fraction of sp³-hybridized carbons (Fsp3) is 0.348. The van der Waals surface area contributed by atoms with E-state index in [1.807, 2.05) is 23.9 Å². The van der Waals surface area contributed by atoms with Gasteiger partial charge in [-0.3, -0.25) is 4.98 Å². The second-order valence-electron chi connectivity index (χ2n) is 8.36. The molecule has 1 aliphatic rings. The summed E-state index contributed by atoms with van der Waals surface area (Å²) in [6.45, 7) is 3.04. The van der Waals surface area contributed by atoms with Gasteiger partial charge in [0.2, 0.25) is 0 Å². The third kappa shape index (κ3) is 4.53. The van der Waals surface area contributed by atoms with Gasteiger partial charge < -0.3 is 14.7 Å². The molecule has 10 nitrogen and oxygen atoms in total. The van der Waals surface area contributed by atoms with Gasteiger partial charge in [0.05, 0.1) is 40.0 Å². The first-order valence-electron chi connectivity index (χ1n) is 11.1. The maximum absolute atomic E-state index is 13.3. The zero-order valence-electron chi connectivity index (χ0n) is 18.8. The average molecular weight is 588 g/mol. The molecule has 0 aromatic carbocycles. The fourth-order valence-electron chi connectivity index (χ4n) is 4.35. The monoisotopic (exact) mass is 588 g/mol. The minimum atomic E-state index is -0.789. The number of aliphatic hydroxyl groups excluding tert-OH is 1. The van der Waals surface area contributed by atoms with Crippen LogP contribution in [0.4, 0.5) is 4.39 Å². The molecule has 4 aromatic heterocycles. The van der Waals surface area contributed by atoms with Crippen molar-refractivity contribution in [1.82, 2.24) is 34.5 Å². The molecule has 1 fully saturated rings. The van der Waals surface area contributed by atoms with Crippen molar-refractivity contribution >= 4 is 28.1 Å². The van der Waals surface area contributed by atoms with Crippen LogP contribution in [0, 0.1) is 27.8 Å². The number of rotatable bonds is 6. The van der Waals surface area contributed by atoms with Gasteiger partial charge in [0, 0.05) is 24.8 Å². The molecule has 0 aliphatic carbocycles. The van der Waals surface area contributed by atoms with E-state index in [0.717, 1.165) is 39.4 Å². The molecule has 1 aliphatic heterocycles. The molecule has 12 heteroatoms. The molecule has 1 saturated heterocycles.